The molecule has 0 heterocycles. The highest BCUT2D eigenvalue weighted by atomic mass is 16.6. The maximum atomic E-state index is 11.6. The molecule has 1 N–H and O–H groups in total. The number of rotatable bonds is 6. The fourth-order valence-electron chi connectivity index (χ4n) is 1.75. The summed E-state index contributed by atoms with van der Waals surface area (Å²) in [5.74, 6) is 0.316. The number of nitro benzene ring substituents is 1. The lowest BCUT2D eigenvalue weighted by Gasteiger charge is -2.08. The van der Waals surface area contributed by atoms with E-state index in [0.717, 1.165) is 0 Å². The molecule has 1 fully saturated rings. The summed E-state index contributed by atoms with van der Waals surface area (Å²) in [6, 6.07) is 4.60. The van der Waals surface area contributed by atoms with Crippen LogP contribution in [0.5, 0.6) is 0 Å². The third-order valence-corrected chi connectivity index (χ3v) is 3.06. The summed E-state index contributed by atoms with van der Waals surface area (Å²) in [5, 5.41) is 13.4. The van der Waals surface area contributed by atoms with Crippen LogP contribution in [0.15, 0.2) is 18.2 Å². The normalized spacial score (nSPS) is 14.2. The van der Waals surface area contributed by atoms with Crippen LogP contribution < -0.4 is 5.32 Å². The lowest BCUT2D eigenvalue weighted by molar-refractivity contribution is -0.385. The summed E-state index contributed by atoms with van der Waals surface area (Å²) >= 11 is 0. The largest absolute Gasteiger partial charge is 0.371 e. The molecule has 6 heteroatoms. The summed E-state index contributed by atoms with van der Waals surface area (Å²) in [7, 11) is 0. The number of nitro groups is 1. The summed E-state index contributed by atoms with van der Waals surface area (Å²) < 4.78 is 5.26. The predicted molar refractivity (Wildman–Crippen MR) is 70.0 cm³/mol. The third kappa shape index (κ3) is 3.75. The van der Waals surface area contributed by atoms with Crippen LogP contribution in [0.4, 0.5) is 11.4 Å². The topological polar surface area (TPSA) is 81.5 Å². The van der Waals surface area contributed by atoms with Crippen LogP contribution in [-0.2, 0) is 9.53 Å². The number of carbonyl (C=O) groups excluding carboxylic acids is 1. The zero-order chi connectivity index (χ0) is 13.8. The number of ether oxygens (including phenoxy) is 1. The highest BCUT2D eigenvalue weighted by Gasteiger charge is 2.21. The first-order valence-corrected chi connectivity index (χ1v) is 6.19. The number of hydrogen-bond acceptors (Lipinski definition) is 4. The van der Waals surface area contributed by atoms with Gasteiger partial charge in [-0.1, -0.05) is 6.07 Å². The van der Waals surface area contributed by atoms with Gasteiger partial charge in [-0.25, -0.2) is 0 Å². The fourth-order valence-corrected chi connectivity index (χ4v) is 1.75. The van der Waals surface area contributed by atoms with Gasteiger partial charge in [0.25, 0.3) is 5.69 Å². The summed E-state index contributed by atoms with van der Waals surface area (Å²) in [5.41, 5.74) is 0.897. The predicted octanol–water partition coefficient (Wildman–Crippen LogP) is 2.27. The number of hydrogen-bond donors (Lipinski definition) is 1. The molecular formula is C13H16N2O4. The van der Waals surface area contributed by atoms with Crippen molar-refractivity contribution in [2.24, 2.45) is 5.92 Å². The molecule has 0 atom stereocenters. The molecule has 19 heavy (non-hydrogen) atoms. The smallest absolute Gasteiger partial charge is 0.274 e. The van der Waals surface area contributed by atoms with Gasteiger partial charge in [0.05, 0.1) is 22.8 Å². The van der Waals surface area contributed by atoms with Crippen LogP contribution in [-0.4, -0.2) is 24.0 Å². The zero-order valence-electron chi connectivity index (χ0n) is 10.7. The van der Waals surface area contributed by atoms with Crippen LogP contribution in [0.3, 0.4) is 0 Å². The Hall–Kier alpha value is -1.95. The average molecular weight is 264 g/mol. The van der Waals surface area contributed by atoms with Gasteiger partial charge >= 0.3 is 0 Å². The number of nitrogens with zero attached hydrogens (tertiary/aromatic N) is 1. The van der Waals surface area contributed by atoms with Crippen molar-refractivity contribution < 1.29 is 14.5 Å². The van der Waals surface area contributed by atoms with Crippen molar-refractivity contribution >= 4 is 17.3 Å². The van der Waals surface area contributed by atoms with E-state index in [1.807, 2.05) is 0 Å². The minimum atomic E-state index is -0.464. The van der Waals surface area contributed by atoms with Crippen molar-refractivity contribution in [1.29, 1.82) is 0 Å². The van der Waals surface area contributed by atoms with Gasteiger partial charge in [0.15, 0.2) is 0 Å². The Bertz CT molecular complexity index is 497. The third-order valence-electron chi connectivity index (χ3n) is 3.06. The highest BCUT2D eigenvalue weighted by molar-refractivity contribution is 5.93. The first-order valence-electron chi connectivity index (χ1n) is 6.19. The van der Waals surface area contributed by atoms with E-state index in [4.69, 9.17) is 4.74 Å². The van der Waals surface area contributed by atoms with Crippen molar-refractivity contribution in [2.45, 2.75) is 19.8 Å². The van der Waals surface area contributed by atoms with Crippen molar-refractivity contribution in [3.8, 4) is 0 Å². The van der Waals surface area contributed by atoms with E-state index in [1.54, 1.807) is 19.1 Å². The number of anilines is 1. The van der Waals surface area contributed by atoms with Gasteiger partial charge in [-0.2, -0.15) is 0 Å². The van der Waals surface area contributed by atoms with Crippen LogP contribution >= 0.6 is 0 Å². The van der Waals surface area contributed by atoms with E-state index in [-0.39, 0.29) is 18.2 Å². The molecule has 0 unspecified atom stereocenters. The Morgan fingerprint density at radius 3 is 2.89 bits per heavy atom. The Morgan fingerprint density at radius 1 is 1.53 bits per heavy atom. The second-order valence-electron chi connectivity index (χ2n) is 4.71. The summed E-state index contributed by atoms with van der Waals surface area (Å²) in [6.07, 6.45) is 2.34. The van der Waals surface area contributed by atoms with Crippen molar-refractivity contribution in [2.75, 3.05) is 18.5 Å². The van der Waals surface area contributed by atoms with Crippen molar-refractivity contribution in [3.05, 3.63) is 33.9 Å². The highest BCUT2D eigenvalue weighted by Crippen LogP contribution is 2.28. The maximum Gasteiger partial charge on any atom is 0.274 e. The second kappa shape index (κ2) is 5.79. The van der Waals surface area contributed by atoms with E-state index in [2.05, 4.69) is 5.32 Å². The molecule has 0 bridgehead atoms. The van der Waals surface area contributed by atoms with E-state index in [0.29, 0.717) is 23.8 Å². The molecule has 0 aliphatic heterocycles. The van der Waals surface area contributed by atoms with E-state index >= 15 is 0 Å². The molecule has 1 aromatic rings. The second-order valence-corrected chi connectivity index (χ2v) is 4.71. The minimum Gasteiger partial charge on any atom is -0.371 e. The number of nitrogens with one attached hydrogen (secondary N) is 1. The van der Waals surface area contributed by atoms with Crippen LogP contribution in [0.2, 0.25) is 0 Å². The number of benzene rings is 1. The van der Waals surface area contributed by atoms with Gasteiger partial charge in [-0.15, -0.1) is 0 Å². The van der Waals surface area contributed by atoms with Crippen LogP contribution in [0.25, 0.3) is 0 Å². The quantitative estimate of drug-likeness (QED) is 0.631. The number of carbonyl (C=O) groups is 1. The van der Waals surface area contributed by atoms with E-state index in [1.165, 1.54) is 18.9 Å². The van der Waals surface area contributed by atoms with Crippen molar-refractivity contribution in [3.63, 3.8) is 0 Å². The monoisotopic (exact) mass is 264 g/mol. The molecule has 0 spiro atoms. The Labute approximate surface area is 110 Å². The summed E-state index contributed by atoms with van der Waals surface area (Å²) in [6.45, 7) is 2.21. The van der Waals surface area contributed by atoms with Gasteiger partial charge in [0.1, 0.15) is 6.61 Å². The Kier molecular flexibility index (Phi) is 4.11. The molecule has 0 radical (unpaired) electrons. The van der Waals surface area contributed by atoms with E-state index < -0.39 is 4.92 Å². The SMILES string of the molecule is Cc1c(NC(=O)COCC2CC2)cccc1[N+](=O)[O-]. The lowest BCUT2D eigenvalue weighted by Crippen LogP contribution is -2.19. The maximum absolute atomic E-state index is 11.6. The Balaban J connectivity index is 1.91. The van der Waals surface area contributed by atoms with Gasteiger partial charge in [0, 0.05) is 6.07 Å². The standard InChI is InChI=1S/C13H16N2O4/c1-9-11(3-2-4-12(9)15(17)18)14-13(16)8-19-7-10-5-6-10/h2-4,10H,5-8H2,1H3,(H,14,16). The summed E-state index contributed by atoms with van der Waals surface area (Å²) in [4.78, 5) is 22.0. The first kappa shape index (κ1) is 13.5. The number of amides is 1. The Morgan fingerprint density at radius 2 is 2.26 bits per heavy atom. The van der Waals surface area contributed by atoms with Gasteiger partial charge < -0.3 is 10.1 Å². The lowest BCUT2D eigenvalue weighted by atomic mass is 10.1. The van der Waals surface area contributed by atoms with Crippen molar-refractivity contribution in [1.82, 2.24) is 0 Å². The molecule has 1 aromatic carbocycles. The molecule has 6 nitrogen and oxygen atoms in total. The molecule has 102 valence electrons. The fraction of sp³-hybridized carbons (Fsp3) is 0.462. The molecule has 0 saturated heterocycles. The molecular weight excluding hydrogens is 248 g/mol. The minimum absolute atomic E-state index is 0.00306. The van der Waals surface area contributed by atoms with Gasteiger partial charge in [-0.3, -0.25) is 14.9 Å². The first-order chi connectivity index (χ1) is 9.08. The van der Waals surface area contributed by atoms with Gasteiger partial charge in [0.2, 0.25) is 5.91 Å². The van der Waals surface area contributed by atoms with E-state index in [9.17, 15) is 14.9 Å². The van der Waals surface area contributed by atoms with Gasteiger partial charge in [-0.05, 0) is 31.7 Å². The van der Waals surface area contributed by atoms with Crippen LogP contribution in [0, 0.1) is 23.0 Å². The molecule has 0 aromatic heterocycles. The average Bonchev–Trinajstić information content (AvgIpc) is 3.15. The molecule has 1 aliphatic carbocycles. The zero-order valence-corrected chi connectivity index (χ0v) is 10.7. The molecule has 1 amide bonds. The molecule has 1 aliphatic rings. The molecule has 2 rings (SSSR count). The van der Waals surface area contributed by atoms with Crippen LogP contribution in [0.1, 0.15) is 18.4 Å². The molecule has 1 saturated carbocycles.